The molecule has 98 valence electrons. The van der Waals surface area contributed by atoms with Crippen molar-refractivity contribution in [3.05, 3.63) is 24.0 Å². The number of likely N-dealkylation sites (N-methyl/N-ethyl adjacent to an activating group) is 1. The van der Waals surface area contributed by atoms with Gasteiger partial charge in [-0.05, 0) is 33.0 Å². The number of nitrogen functional groups attached to an aromatic ring is 1. The van der Waals surface area contributed by atoms with Gasteiger partial charge in [-0.2, -0.15) is 0 Å². The second-order valence-corrected chi connectivity index (χ2v) is 4.97. The average Bonchev–Trinajstić information content (AvgIpc) is 2.38. The van der Waals surface area contributed by atoms with E-state index in [0.29, 0.717) is 17.3 Å². The number of anilines is 1. The lowest BCUT2D eigenvalue weighted by Crippen LogP contribution is -2.47. The fraction of sp³-hybridized carbons (Fsp3) is 0.538. The summed E-state index contributed by atoms with van der Waals surface area (Å²) in [5, 5.41) is 0. The van der Waals surface area contributed by atoms with Crippen LogP contribution in [0.4, 0.5) is 5.69 Å². The molecule has 18 heavy (non-hydrogen) atoms. The number of rotatable bonds is 2. The predicted molar refractivity (Wildman–Crippen MR) is 71.3 cm³/mol. The largest absolute Gasteiger partial charge is 0.398 e. The molecule has 0 radical (unpaired) electrons. The summed E-state index contributed by atoms with van der Waals surface area (Å²) in [4.78, 5) is 20.4. The molecule has 0 bridgehead atoms. The van der Waals surface area contributed by atoms with Crippen molar-refractivity contribution in [1.82, 2.24) is 14.8 Å². The van der Waals surface area contributed by atoms with E-state index in [9.17, 15) is 4.79 Å². The highest BCUT2D eigenvalue weighted by Crippen LogP contribution is 2.18. The number of carbonyl (C=O) groups excluding carboxylic acids is 1. The molecule has 1 unspecified atom stereocenters. The highest BCUT2D eigenvalue weighted by atomic mass is 16.2. The zero-order chi connectivity index (χ0) is 13.1. The minimum atomic E-state index is -0.00727. The fourth-order valence-corrected chi connectivity index (χ4v) is 2.31. The number of hydrogen-bond acceptors (Lipinski definition) is 4. The molecule has 1 aliphatic heterocycles. The van der Waals surface area contributed by atoms with Gasteiger partial charge in [-0.1, -0.05) is 0 Å². The lowest BCUT2D eigenvalue weighted by molar-refractivity contribution is 0.0636. The Balaban J connectivity index is 2.12. The summed E-state index contributed by atoms with van der Waals surface area (Å²) in [6.07, 6.45) is 5.33. The first-order valence-electron chi connectivity index (χ1n) is 6.25. The lowest BCUT2D eigenvalue weighted by atomic mass is 10.0. The molecular weight excluding hydrogens is 228 g/mol. The van der Waals surface area contributed by atoms with E-state index < -0.39 is 0 Å². The van der Waals surface area contributed by atoms with Crippen LogP contribution < -0.4 is 5.73 Å². The molecule has 0 aliphatic carbocycles. The number of nitrogens with two attached hydrogens (primary N) is 1. The Hall–Kier alpha value is -1.62. The quantitative estimate of drug-likeness (QED) is 0.842. The maximum atomic E-state index is 12.4. The summed E-state index contributed by atoms with van der Waals surface area (Å²) < 4.78 is 0. The van der Waals surface area contributed by atoms with Crippen LogP contribution in [0.15, 0.2) is 18.5 Å². The van der Waals surface area contributed by atoms with Gasteiger partial charge in [0, 0.05) is 37.2 Å². The van der Waals surface area contributed by atoms with Gasteiger partial charge >= 0.3 is 0 Å². The van der Waals surface area contributed by atoms with Crippen molar-refractivity contribution in [3.63, 3.8) is 0 Å². The van der Waals surface area contributed by atoms with E-state index in [1.54, 1.807) is 18.5 Å². The Kier molecular flexibility index (Phi) is 3.81. The van der Waals surface area contributed by atoms with E-state index in [1.807, 2.05) is 4.90 Å². The molecule has 1 aromatic heterocycles. The van der Waals surface area contributed by atoms with Gasteiger partial charge in [-0.25, -0.2) is 0 Å². The van der Waals surface area contributed by atoms with Gasteiger partial charge in [0.05, 0.1) is 5.56 Å². The van der Waals surface area contributed by atoms with E-state index >= 15 is 0 Å². The second kappa shape index (κ2) is 5.35. The van der Waals surface area contributed by atoms with Crippen LogP contribution in [0, 0.1) is 0 Å². The van der Waals surface area contributed by atoms with Crippen molar-refractivity contribution < 1.29 is 4.79 Å². The first kappa shape index (κ1) is 12.8. The minimum Gasteiger partial charge on any atom is -0.398 e. The molecule has 5 heteroatoms. The number of piperidine rings is 1. The van der Waals surface area contributed by atoms with Gasteiger partial charge in [0.25, 0.3) is 5.91 Å². The van der Waals surface area contributed by atoms with E-state index in [-0.39, 0.29) is 5.91 Å². The topological polar surface area (TPSA) is 62.5 Å². The normalized spacial score (nSPS) is 20.2. The van der Waals surface area contributed by atoms with Gasteiger partial charge < -0.3 is 15.5 Å². The first-order valence-corrected chi connectivity index (χ1v) is 6.25. The van der Waals surface area contributed by atoms with Crippen LogP contribution in [0.3, 0.4) is 0 Å². The molecule has 1 saturated heterocycles. The molecule has 0 aromatic carbocycles. The molecule has 0 saturated carbocycles. The molecule has 1 atom stereocenters. The van der Waals surface area contributed by atoms with Gasteiger partial charge in [0.15, 0.2) is 0 Å². The predicted octanol–water partition coefficient (Wildman–Crippen LogP) is 0.830. The highest BCUT2D eigenvalue weighted by Gasteiger charge is 2.26. The number of amides is 1. The number of hydrogen-bond donors (Lipinski definition) is 1. The average molecular weight is 248 g/mol. The number of pyridine rings is 1. The van der Waals surface area contributed by atoms with Crippen molar-refractivity contribution in [3.8, 4) is 0 Å². The molecular formula is C13H20N4O. The van der Waals surface area contributed by atoms with Crippen LogP contribution in [0.1, 0.15) is 23.2 Å². The summed E-state index contributed by atoms with van der Waals surface area (Å²) in [5.41, 5.74) is 6.84. The number of nitrogens with zero attached hydrogens (tertiary/aromatic N) is 3. The molecule has 1 fully saturated rings. The monoisotopic (exact) mass is 248 g/mol. The molecule has 2 N–H and O–H groups in total. The van der Waals surface area contributed by atoms with E-state index in [4.69, 9.17) is 5.73 Å². The summed E-state index contributed by atoms with van der Waals surface area (Å²) >= 11 is 0. The third kappa shape index (κ3) is 2.61. The standard InChI is InChI=1S/C13H20N4O/c1-16(2)10-4-3-7-17(9-10)13(18)11-8-15-6-5-12(11)14/h5-6,8,10H,3-4,7,9H2,1-2H3,(H2,14,15). The van der Waals surface area contributed by atoms with Gasteiger partial charge in [0.2, 0.25) is 0 Å². The number of likely N-dealkylation sites (tertiary alicyclic amines) is 1. The van der Waals surface area contributed by atoms with Gasteiger partial charge in [-0.15, -0.1) is 0 Å². The molecule has 1 aromatic rings. The summed E-state index contributed by atoms with van der Waals surface area (Å²) in [5.74, 6) is -0.00727. The van der Waals surface area contributed by atoms with Crippen molar-refractivity contribution in [2.45, 2.75) is 18.9 Å². The Morgan fingerprint density at radius 2 is 2.33 bits per heavy atom. The van der Waals surface area contributed by atoms with Crippen molar-refractivity contribution >= 4 is 11.6 Å². The first-order chi connectivity index (χ1) is 8.59. The van der Waals surface area contributed by atoms with Crippen LogP contribution in [0.5, 0.6) is 0 Å². The Labute approximate surface area is 108 Å². The van der Waals surface area contributed by atoms with Crippen molar-refractivity contribution in [2.24, 2.45) is 0 Å². The summed E-state index contributed by atoms with van der Waals surface area (Å²) in [6.45, 7) is 1.57. The Morgan fingerprint density at radius 3 is 3.00 bits per heavy atom. The second-order valence-electron chi connectivity index (χ2n) is 4.97. The number of aromatic nitrogens is 1. The molecule has 2 heterocycles. The third-order valence-corrected chi connectivity index (χ3v) is 3.50. The van der Waals surface area contributed by atoms with Crippen LogP contribution in [0.25, 0.3) is 0 Å². The van der Waals surface area contributed by atoms with Crippen molar-refractivity contribution in [2.75, 3.05) is 32.9 Å². The summed E-state index contributed by atoms with van der Waals surface area (Å²) in [7, 11) is 4.11. The van der Waals surface area contributed by atoms with Gasteiger partial charge in [0.1, 0.15) is 0 Å². The van der Waals surface area contributed by atoms with Crippen LogP contribution in [-0.2, 0) is 0 Å². The zero-order valence-corrected chi connectivity index (χ0v) is 11.0. The molecule has 1 aliphatic rings. The Morgan fingerprint density at radius 1 is 1.56 bits per heavy atom. The van der Waals surface area contributed by atoms with Crippen molar-refractivity contribution in [1.29, 1.82) is 0 Å². The molecule has 1 amide bonds. The van der Waals surface area contributed by atoms with E-state index in [2.05, 4.69) is 24.0 Å². The lowest BCUT2D eigenvalue weighted by Gasteiger charge is -2.36. The minimum absolute atomic E-state index is 0.00727. The smallest absolute Gasteiger partial charge is 0.257 e. The maximum Gasteiger partial charge on any atom is 0.257 e. The van der Waals surface area contributed by atoms with Gasteiger partial charge in [-0.3, -0.25) is 9.78 Å². The summed E-state index contributed by atoms with van der Waals surface area (Å²) in [6, 6.07) is 2.10. The zero-order valence-electron chi connectivity index (χ0n) is 11.0. The number of carbonyl (C=O) groups is 1. The fourth-order valence-electron chi connectivity index (χ4n) is 2.31. The van der Waals surface area contributed by atoms with Crippen LogP contribution in [-0.4, -0.2) is 53.9 Å². The highest BCUT2D eigenvalue weighted by molar-refractivity contribution is 5.98. The third-order valence-electron chi connectivity index (χ3n) is 3.50. The molecule has 0 spiro atoms. The Bertz CT molecular complexity index is 433. The van der Waals surface area contributed by atoms with E-state index in [1.165, 1.54) is 0 Å². The SMILES string of the molecule is CN(C)C1CCCN(C(=O)c2cnccc2N)C1. The van der Waals surface area contributed by atoms with Crippen LogP contribution in [0.2, 0.25) is 0 Å². The van der Waals surface area contributed by atoms with E-state index in [0.717, 1.165) is 25.9 Å². The maximum absolute atomic E-state index is 12.4. The van der Waals surface area contributed by atoms with Crippen LogP contribution >= 0.6 is 0 Å². The molecule has 5 nitrogen and oxygen atoms in total. The molecule has 2 rings (SSSR count).